The van der Waals surface area contributed by atoms with E-state index in [1.54, 1.807) is 6.20 Å². The van der Waals surface area contributed by atoms with Crippen molar-refractivity contribution in [2.75, 3.05) is 6.61 Å². The molecule has 0 aliphatic carbocycles. The lowest BCUT2D eigenvalue weighted by Crippen LogP contribution is -1.96. The van der Waals surface area contributed by atoms with Gasteiger partial charge in [-0.1, -0.05) is 0 Å². The standard InChI is InChI=1S/C8H9Br2NO/c1-3-12-8-7(10)5(2)6(9)4-11-8/h4H,3H2,1-2H3. The molecular formula is C8H9Br2NO. The van der Waals surface area contributed by atoms with Crippen molar-refractivity contribution in [1.29, 1.82) is 0 Å². The largest absolute Gasteiger partial charge is 0.477 e. The van der Waals surface area contributed by atoms with Crippen LogP contribution in [-0.4, -0.2) is 11.6 Å². The van der Waals surface area contributed by atoms with Crippen molar-refractivity contribution in [3.63, 3.8) is 0 Å². The summed E-state index contributed by atoms with van der Waals surface area (Å²) in [5.41, 5.74) is 1.11. The van der Waals surface area contributed by atoms with Gasteiger partial charge in [-0.2, -0.15) is 0 Å². The molecule has 0 bridgehead atoms. The van der Waals surface area contributed by atoms with Crippen LogP contribution in [0.25, 0.3) is 0 Å². The van der Waals surface area contributed by atoms with Gasteiger partial charge in [-0.3, -0.25) is 0 Å². The van der Waals surface area contributed by atoms with Gasteiger partial charge in [0.15, 0.2) is 0 Å². The first-order chi connectivity index (χ1) is 5.66. The number of nitrogens with zero attached hydrogens (tertiary/aromatic N) is 1. The van der Waals surface area contributed by atoms with Crippen LogP contribution < -0.4 is 4.74 Å². The van der Waals surface area contributed by atoms with Gasteiger partial charge in [-0.15, -0.1) is 0 Å². The second kappa shape index (κ2) is 4.23. The molecule has 12 heavy (non-hydrogen) atoms. The van der Waals surface area contributed by atoms with Crippen LogP contribution in [0.3, 0.4) is 0 Å². The third-order valence-electron chi connectivity index (χ3n) is 1.45. The molecule has 0 atom stereocenters. The zero-order chi connectivity index (χ0) is 9.14. The zero-order valence-electron chi connectivity index (χ0n) is 6.90. The Labute approximate surface area is 88.6 Å². The minimum Gasteiger partial charge on any atom is -0.477 e. The molecule has 0 aliphatic heterocycles. The van der Waals surface area contributed by atoms with Gasteiger partial charge in [0, 0.05) is 10.7 Å². The smallest absolute Gasteiger partial charge is 0.228 e. The Hall–Kier alpha value is -0.0900. The third kappa shape index (κ3) is 1.98. The van der Waals surface area contributed by atoms with E-state index in [2.05, 4.69) is 36.8 Å². The fourth-order valence-corrected chi connectivity index (χ4v) is 1.77. The van der Waals surface area contributed by atoms with Crippen LogP contribution in [-0.2, 0) is 0 Å². The average Bonchev–Trinajstić information content (AvgIpc) is 2.07. The van der Waals surface area contributed by atoms with Gasteiger partial charge in [0.1, 0.15) is 0 Å². The van der Waals surface area contributed by atoms with Gasteiger partial charge in [-0.05, 0) is 51.3 Å². The molecule has 0 aromatic carbocycles. The minimum atomic E-state index is 0.632. The van der Waals surface area contributed by atoms with Gasteiger partial charge in [-0.25, -0.2) is 4.98 Å². The summed E-state index contributed by atoms with van der Waals surface area (Å²) < 4.78 is 7.19. The van der Waals surface area contributed by atoms with E-state index in [0.717, 1.165) is 14.5 Å². The quantitative estimate of drug-likeness (QED) is 0.835. The molecular weight excluding hydrogens is 286 g/mol. The van der Waals surface area contributed by atoms with Crippen molar-refractivity contribution in [3.05, 3.63) is 20.7 Å². The van der Waals surface area contributed by atoms with E-state index < -0.39 is 0 Å². The number of halogens is 2. The van der Waals surface area contributed by atoms with Crippen LogP contribution in [0.2, 0.25) is 0 Å². The lowest BCUT2D eigenvalue weighted by Gasteiger charge is -2.07. The molecule has 0 amide bonds. The first-order valence-electron chi connectivity index (χ1n) is 3.60. The van der Waals surface area contributed by atoms with Crippen LogP contribution in [0, 0.1) is 6.92 Å². The minimum absolute atomic E-state index is 0.632. The summed E-state index contributed by atoms with van der Waals surface area (Å²) >= 11 is 6.80. The molecule has 1 aromatic heterocycles. The molecule has 0 fully saturated rings. The number of aromatic nitrogens is 1. The van der Waals surface area contributed by atoms with Crippen molar-refractivity contribution in [1.82, 2.24) is 4.98 Å². The molecule has 0 aliphatic rings. The van der Waals surface area contributed by atoms with Gasteiger partial charge < -0.3 is 4.74 Å². The summed E-state index contributed by atoms with van der Waals surface area (Å²) in [4.78, 5) is 4.11. The number of pyridine rings is 1. The second-order valence-electron chi connectivity index (χ2n) is 2.28. The van der Waals surface area contributed by atoms with Crippen molar-refractivity contribution < 1.29 is 4.74 Å². The van der Waals surface area contributed by atoms with Crippen LogP contribution in [0.5, 0.6) is 5.88 Å². The Bertz CT molecular complexity index is 289. The van der Waals surface area contributed by atoms with Crippen molar-refractivity contribution in [2.24, 2.45) is 0 Å². The Kier molecular flexibility index (Phi) is 3.53. The zero-order valence-corrected chi connectivity index (χ0v) is 10.1. The summed E-state index contributed by atoms with van der Waals surface area (Å²) in [6.07, 6.45) is 1.74. The summed E-state index contributed by atoms with van der Waals surface area (Å²) in [5.74, 6) is 0.651. The highest BCUT2D eigenvalue weighted by atomic mass is 79.9. The number of rotatable bonds is 2. The lowest BCUT2D eigenvalue weighted by molar-refractivity contribution is 0.324. The summed E-state index contributed by atoms with van der Waals surface area (Å²) in [7, 11) is 0. The molecule has 0 spiro atoms. The SMILES string of the molecule is CCOc1ncc(Br)c(C)c1Br. The van der Waals surface area contributed by atoms with Gasteiger partial charge in [0.25, 0.3) is 0 Å². The van der Waals surface area contributed by atoms with E-state index in [4.69, 9.17) is 4.74 Å². The van der Waals surface area contributed by atoms with Gasteiger partial charge in [0.2, 0.25) is 5.88 Å². The van der Waals surface area contributed by atoms with Crippen molar-refractivity contribution in [3.8, 4) is 5.88 Å². The van der Waals surface area contributed by atoms with Crippen molar-refractivity contribution in [2.45, 2.75) is 13.8 Å². The predicted molar refractivity (Wildman–Crippen MR) is 55.5 cm³/mol. The maximum Gasteiger partial charge on any atom is 0.228 e. The highest BCUT2D eigenvalue weighted by Gasteiger charge is 2.07. The summed E-state index contributed by atoms with van der Waals surface area (Å²) in [6, 6.07) is 0. The van der Waals surface area contributed by atoms with E-state index in [9.17, 15) is 0 Å². The third-order valence-corrected chi connectivity index (χ3v) is 3.18. The monoisotopic (exact) mass is 293 g/mol. The second-order valence-corrected chi connectivity index (χ2v) is 3.93. The maximum absolute atomic E-state index is 5.29. The molecule has 0 saturated carbocycles. The molecule has 0 radical (unpaired) electrons. The normalized spacial score (nSPS) is 10.0. The topological polar surface area (TPSA) is 22.1 Å². The Morgan fingerprint density at radius 3 is 2.75 bits per heavy atom. The first-order valence-corrected chi connectivity index (χ1v) is 5.18. The predicted octanol–water partition coefficient (Wildman–Crippen LogP) is 3.31. The fraction of sp³-hybridized carbons (Fsp3) is 0.375. The molecule has 66 valence electrons. The maximum atomic E-state index is 5.29. The summed E-state index contributed by atoms with van der Waals surface area (Å²) in [5, 5.41) is 0. The van der Waals surface area contributed by atoms with E-state index in [1.165, 1.54) is 0 Å². The molecule has 1 heterocycles. The van der Waals surface area contributed by atoms with E-state index in [1.807, 2.05) is 13.8 Å². The molecule has 4 heteroatoms. The lowest BCUT2D eigenvalue weighted by atomic mass is 10.3. The molecule has 0 N–H and O–H groups in total. The van der Waals surface area contributed by atoms with Crippen LogP contribution in [0.15, 0.2) is 15.1 Å². The van der Waals surface area contributed by atoms with Gasteiger partial charge in [0.05, 0.1) is 11.1 Å². The highest BCUT2D eigenvalue weighted by Crippen LogP contribution is 2.30. The molecule has 2 nitrogen and oxygen atoms in total. The Morgan fingerprint density at radius 2 is 2.17 bits per heavy atom. The summed E-state index contributed by atoms with van der Waals surface area (Å²) in [6.45, 7) is 4.57. The highest BCUT2D eigenvalue weighted by molar-refractivity contribution is 9.11. The van der Waals surface area contributed by atoms with E-state index >= 15 is 0 Å². The van der Waals surface area contributed by atoms with E-state index in [0.29, 0.717) is 12.5 Å². The molecule has 0 saturated heterocycles. The van der Waals surface area contributed by atoms with Crippen LogP contribution >= 0.6 is 31.9 Å². The average molecular weight is 295 g/mol. The fourth-order valence-electron chi connectivity index (χ4n) is 0.771. The molecule has 0 unspecified atom stereocenters. The van der Waals surface area contributed by atoms with Crippen LogP contribution in [0.1, 0.15) is 12.5 Å². The van der Waals surface area contributed by atoms with Crippen LogP contribution in [0.4, 0.5) is 0 Å². The van der Waals surface area contributed by atoms with Gasteiger partial charge >= 0.3 is 0 Å². The number of hydrogen-bond acceptors (Lipinski definition) is 2. The number of hydrogen-bond donors (Lipinski definition) is 0. The first kappa shape index (κ1) is 9.99. The van der Waals surface area contributed by atoms with Crippen molar-refractivity contribution >= 4 is 31.9 Å². The van der Waals surface area contributed by atoms with E-state index in [-0.39, 0.29) is 0 Å². The number of ether oxygens (including phenoxy) is 1. The molecule has 1 aromatic rings. The molecule has 1 rings (SSSR count). The Morgan fingerprint density at radius 1 is 1.50 bits per heavy atom. The Balaban J connectivity index is 3.08.